The molecule has 1 aliphatic rings. The number of alkyl halides is 1. The first-order valence-corrected chi connectivity index (χ1v) is 14.9. The van der Waals surface area contributed by atoms with Crippen molar-refractivity contribution in [2.75, 3.05) is 18.5 Å². The summed E-state index contributed by atoms with van der Waals surface area (Å²) < 4.78 is 37.8. The van der Waals surface area contributed by atoms with Crippen LogP contribution in [-0.2, 0) is 37.1 Å². The lowest BCUT2D eigenvalue weighted by atomic mass is 9.84. The summed E-state index contributed by atoms with van der Waals surface area (Å²) in [5.74, 6) is -1.30. The van der Waals surface area contributed by atoms with E-state index in [9.17, 15) is 18.3 Å². The molecule has 0 aliphatic carbocycles. The highest BCUT2D eigenvalue weighted by molar-refractivity contribution is 9.09. The second kappa shape index (κ2) is 11.8. The van der Waals surface area contributed by atoms with E-state index in [1.54, 1.807) is 6.92 Å². The molecule has 12 heteroatoms. The average molecular weight is 608 g/mol. The predicted molar refractivity (Wildman–Crippen MR) is 146 cm³/mol. The number of carbonyl (C=O) groups excluding carboxylic acids is 1. The molecule has 0 amide bonds. The Morgan fingerprint density at radius 2 is 2.05 bits per heavy atom. The molecule has 4 rings (SSSR count). The van der Waals surface area contributed by atoms with E-state index >= 15 is 0 Å². The molecule has 1 unspecified atom stereocenters. The number of hydrogen-bond acceptors (Lipinski definition) is 8. The number of aliphatic hydroxyl groups is 1. The van der Waals surface area contributed by atoms with Crippen LogP contribution in [0, 0.1) is 13.8 Å². The van der Waals surface area contributed by atoms with Crippen LogP contribution in [0.4, 0.5) is 0 Å². The number of esters is 1. The molecule has 0 fully saturated rings. The maximum Gasteiger partial charge on any atom is 0.388 e. The fraction of sp³-hybridized carbons (Fsp3) is 0.423. The summed E-state index contributed by atoms with van der Waals surface area (Å²) >= 11 is 3.45. The third kappa shape index (κ3) is 6.02. The fourth-order valence-electron chi connectivity index (χ4n) is 4.61. The van der Waals surface area contributed by atoms with Crippen molar-refractivity contribution in [2.24, 2.45) is 0 Å². The molecule has 0 spiro atoms. The van der Waals surface area contributed by atoms with Crippen LogP contribution in [0.15, 0.2) is 42.4 Å². The molecule has 1 atom stereocenters. The quantitative estimate of drug-likeness (QED) is 0.266. The highest BCUT2D eigenvalue weighted by Crippen LogP contribution is 2.35. The topological polar surface area (TPSA) is 124 Å². The number of carbonyl (C=O) groups is 1. The van der Waals surface area contributed by atoms with Gasteiger partial charge in [-0.05, 0) is 61.1 Å². The van der Waals surface area contributed by atoms with Gasteiger partial charge < -0.3 is 14.0 Å². The molecule has 0 saturated carbocycles. The van der Waals surface area contributed by atoms with E-state index in [0.717, 1.165) is 61.5 Å². The minimum Gasteiger partial charge on any atom is -0.480 e. The third-order valence-electron chi connectivity index (χ3n) is 6.64. The van der Waals surface area contributed by atoms with Gasteiger partial charge in [0.1, 0.15) is 5.52 Å². The van der Waals surface area contributed by atoms with Crippen LogP contribution < -0.4 is 0 Å². The van der Waals surface area contributed by atoms with Crippen LogP contribution in [0.25, 0.3) is 11.0 Å². The Balaban J connectivity index is 1.74. The van der Waals surface area contributed by atoms with Gasteiger partial charge in [-0.1, -0.05) is 45.4 Å². The van der Waals surface area contributed by atoms with E-state index in [-0.39, 0.29) is 38.0 Å². The molecular weight excluding hydrogens is 576 g/mol. The lowest BCUT2D eigenvalue weighted by Crippen LogP contribution is -2.35. The van der Waals surface area contributed by atoms with Gasteiger partial charge in [0.2, 0.25) is 0 Å². The Morgan fingerprint density at radius 1 is 1.26 bits per heavy atom. The Labute approximate surface area is 230 Å². The molecule has 204 valence electrons. The molecule has 0 radical (unpaired) electrons. The zero-order valence-electron chi connectivity index (χ0n) is 21.6. The number of aromatic nitrogens is 3. The lowest BCUT2D eigenvalue weighted by molar-refractivity contribution is -0.143. The normalized spacial score (nSPS) is 16.2. The van der Waals surface area contributed by atoms with Crippen molar-refractivity contribution in [3.8, 4) is 0 Å². The Morgan fingerprint density at radius 3 is 2.76 bits per heavy atom. The summed E-state index contributed by atoms with van der Waals surface area (Å²) in [6.45, 7) is 6.70. The maximum absolute atomic E-state index is 12.7. The van der Waals surface area contributed by atoms with Crippen molar-refractivity contribution in [1.82, 2.24) is 19.3 Å². The van der Waals surface area contributed by atoms with E-state index < -0.39 is 16.2 Å². The zero-order valence-corrected chi connectivity index (χ0v) is 24.0. The summed E-state index contributed by atoms with van der Waals surface area (Å²) in [5.41, 5.74) is 6.06. The van der Waals surface area contributed by atoms with Crippen LogP contribution in [0.5, 0.6) is 0 Å². The summed E-state index contributed by atoms with van der Waals surface area (Å²) in [5, 5.41) is 19.1. The standard InChI is InChI=1S/C26H31BrN4O6S/c1-4-36-25(33)15-22(21-8-9-23-26(18(21)3)28-29-31(23)12-5-11-27)19-7-6-17(2)20(14-19)16-30-13-10-24(32)37-38(30,34)35/h6-10,14,22,32H,4-5,11-13,15-16H2,1-3H3. The molecule has 0 saturated heterocycles. The zero-order chi connectivity index (χ0) is 27.4. The molecule has 1 aliphatic heterocycles. The SMILES string of the molecule is CCOC(=O)CC(c1ccc(C)c(CN2CC=C(O)OS2(=O)=O)c1)c1ccc2c(nnn2CCCBr)c1C. The Kier molecular flexibility index (Phi) is 8.74. The van der Waals surface area contributed by atoms with Crippen molar-refractivity contribution in [2.45, 2.75) is 52.6 Å². The van der Waals surface area contributed by atoms with Gasteiger partial charge in [-0.25, -0.2) is 4.68 Å². The lowest BCUT2D eigenvalue weighted by Gasteiger charge is -2.25. The minimum atomic E-state index is -4.11. The molecule has 1 aromatic heterocycles. The van der Waals surface area contributed by atoms with Crippen LogP contribution >= 0.6 is 15.9 Å². The van der Waals surface area contributed by atoms with Crippen LogP contribution in [0.1, 0.15) is 53.5 Å². The number of fused-ring (bicyclic) bond motifs is 1. The largest absolute Gasteiger partial charge is 0.480 e. The Hall–Kier alpha value is -2.96. The van der Waals surface area contributed by atoms with Crippen molar-refractivity contribution >= 4 is 43.2 Å². The second-order valence-electron chi connectivity index (χ2n) is 9.13. The van der Waals surface area contributed by atoms with Crippen LogP contribution in [0.2, 0.25) is 0 Å². The fourth-order valence-corrected chi connectivity index (χ4v) is 5.80. The number of benzene rings is 2. The molecule has 0 bridgehead atoms. The van der Waals surface area contributed by atoms with Gasteiger partial charge >= 0.3 is 16.3 Å². The van der Waals surface area contributed by atoms with Gasteiger partial charge in [0.05, 0.1) is 18.5 Å². The van der Waals surface area contributed by atoms with Crippen molar-refractivity contribution < 1.29 is 27.2 Å². The van der Waals surface area contributed by atoms with E-state index in [4.69, 9.17) is 4.74 Å². The van der Waals surface area contributed by atoms with Gasteiger partial charge in [0.15, 0.2) is 0 Å². The van der Waals surface area contributed by atoms with E-state index in [2.05, 4.69) is 30.4 Å². The highest BCUT2D eigenvalue weighted by Gasteiger charge is 2.30. The second-order valence-corrected chi connectivity index (χ2v) is 11.5. The third-order valence-corrected chi connectivity index (χ3v) is 8.49. The predicted octanol–water partition coefficient (Wildman–Crippen LogP) is 4.39. The average Bonchev–Trinajstić information content (AvgIpc) is 3.28. The number of aryl methyl sites for hydroxylation is 3. The number of nitrogens with zero attached hydrogens (tertiary/aromatic N) is 4. The molecular formula is C26H31BrN4O6S. The highest BCUT2D eigenvalue weighted by atomic mass is 79.9. The smallest absolute Gasteiger partial charge is 0.388 e. The van der Waals surface area contributed by atoms with Gasteiger partial charge in [-0.2, -0.15) is 12.7 Å². The van der Waals surface area contributed by atoms with Crippen molar-refractivity contribution in [3.05, 3.63) is 70.2 Å². The van der Waals surface area contributed by atoms with Crippen molar-refractivity contribution in [1.29, 1.82) is 0 Å². The van der Waals surface area contributed by atoms with Crippen molar-refractivity contribution in [3.63, 3.8) is 0 Å². The summed E-state index contributed by atoms with van der Waals surface area (Å²) in [6, 6.07) is 9.77. The number of rotatable bonds is 10. The summed E-state index contributed by atoms with van der Waals surface area (Å²) in [7, 11) is -4.11. The van der Waals surface area contributed by atoms with Crippen LogP contribution in [0.3, 0.4) is 0 Å². The van der Waals surface area contributed by atoms with E-state index in [1.807, 2.05) is 48.9 Å². The molecule has 2 heterocycles. The van der Waals surface area contributed by atoms with E-state index in [0.29, 0.717) is 0 Å². The first-order chi connectivity index (χ1) is 18.1. The molecule has 2 aromatic carbocycles. The molecule has 1 N–H and O–H groups in total. The summed E-state index contributed by atoms with van der Waals surface area (Å²) in [4.78, 5) is 12.7. The van der Waals surface area contributed by atoms with Gasteiger partial charge in [-0.3, -0.25) is 4.79 Å². The number of ether oxygens (including phenoxy) is 1. The monoisotopic (exact) mass is 606 g/mol. The minimum absolute atomic E-state index is 0.00932. The van der Waals surface area contributed by atoms with Gasteiger partial charge in [-0.15, -0.1) is 5.10 Å². The number of aliphatic hydroxyl groups excluding tert-OH is 1. The number of hydrogen-bond donors (Lipinski definition) is 1. The molecule has 3 aromatic rings. The van der Waals surface area contributed by atoms with Gasteiger partial charge in [0.25, 0.3) is 5.95 Å². The maximum atomic E-state index is 12.7. The number of halogens is 1. The first-order valence-electron chi connectivity index (χ1n) is 12.4. The van der Waals surface area contributed by atoms with Gasteiger partial charge in [0, 0.05) is 37.0 Å². The molecule has 10 nitrogen and oxygen atoms in total. The summed E-state index contributed by atoms with van der Waals surface area (Å²) in [6.07, 6.45) is 2.33. The Bertz CT molecular complexity index is 1470. The van der Waals surface area contributed by atoms with E-state index in [1.165, 1.54) is 6.08 Å². The van der Waals surface area contributed by atoms with Crippen LogP contribution in [-0.4, -0.2) is 57.3 Å². The first kappa shape index (κ1) is 28.1. The molecule has 38 heavy (non-hydrogen) atoms.